The Morgan fingerprint density at radius 3 is 3.00 bits per heavy atom. The van der Waals surface area contributed by atoms with Gasteiger partial charge in [0.05, 0.1) is 11.7 Å². The molecule has 1 nitrogen and oxygen atoms in total. The molecule has 6 atom stereocenters. The number of hydrogen-bond acceptors (Lipinski definition) is 1. The maximum Gasteiger partial charge on any atom is 0.0789 e. The topological polar surface area (TPSA) is 9.23 Å². The van der Waals surface area contributed by atoms with Crippen LogP contribution in [0.3, 0.4) is 0 Å². The van der Waals surface area contributed by atoms with Crippen LogP contribution in [0.25, 0.3) is 0 Å². The van der Waals surface area contributed by atoms with Gasteiger partial charge in [-0.3, -0.25) is 0 Å². The molecule has 1 heteroatoms. The van der Waals surface area contributed by atoms with Gasteiger partial charge in [0.1, 0.15) is 0 Å². The summed E-state index contributed by atoms with van der Waals surface area (Å²) in [7, 11) is 0. The summed E-state index contributed by atoms with van der Waals surface area (Å²) in [5, 5.41) is 0. The van der Waals surface area contributed by atoms with Crippen LogP contribution in [0.2, 0.25) is 0 Å². The number of ether oxygens (including phenoxy) is 1. The Bertz CT molecular complexity index is 273. The van der Waals surface area contributed by atoms with Gasteiger partial charge in [0.25, 0.3) is 0 Å². The molecular weight excluding hydrogens is 148 g/mol. The molecule has 5 aliphatic rings. The van der Waals surface area contributed by atoms with Crippen molar-refractivity contribution in [2.24, 2.45) is 23.7 Å². The Morgan fingerprint density at radius 2 is 2.08 bits per heavy atom. The monoisotopic (exact) mass is 162 g/mol. The second-order valence-electron chi connectivity index (χ2n) is 5.17. The third-order valence-electron chi connectivity index (χ3n) is 4.81. The number of rotatable bonds is 0. The van der Waals surface area contributed by atoms with Gasteiger partial charge in [-0.25, -0.2) is 0 Å². The predicted molar refractivity (Wildman–Crippen MR) is 45.6 cm³/mol. The number of hydrogen-bond donors (Lipinski definition) is 0. The largest absolute Gasteiger partial charge is 0.370 e. The normalized spacial score (nSPS) is 69.9. The van der Waals surface area contributed by atoms with Gasteiger partial charge in [-0.05, 0) is 31.6 Å². The first-order chi connectivity index (χ1) is 5.79. The van der Waals surface area contributed by atoms with E-state index in [1.807, 2.05) is 0 Å². The van der Waals surface area contributed by atoms with Crippen LogP contribution in [-0.2, 0) is 4.74 Å². The van der Waals surface area contributed by atoms with Crippen LogP contribution in [0.15, 0.2) is 12.2 Å². The van der Waals surface area contributed by atoms with Crippen molar-refractivity contribution in [2.45, 2.75) is 31.5 Å². The minimum Gasteiger partial charge on any atom is -0.370 e. The summed E-state index contributed by atoms with van der Waals surface area (Å²) >= 11 is 0. The standard InChI is InChI=1S/C11H14O/c1-11-8-2-3-9(11)7-4-6(8)5-10(7)12-11/h2-3,6-10H,4-5H2,1H3. The van der Waals surface area contributed by atoms with Gasteiger partial charge in [0, 0.05) is 11.8 Å². The smallest absolute Gasteiger partial charge is 0.0789 e. The Hall–Kier alpha value is -0.300. The Balaban J connectivity index is 1.98. The first-order valence-corrected chi connectivity index (χ1v) is 5.15. The van der Waals surface area contributed by atoms with Crippen LogP contribution in [0, 0.1) is 23.7 Å². The molecule has 6 unspecified atom stereocenters. The molecular formula is C11H14O. The summed E-state index contributed by atoms with van der Waals surface area (Å²) in [6.07, 6.45) is 8.30. The molecule has 64 valence electrons. The van der Waals surface area contributed by atoms with Crippen molar-refractivity contribution in [1.82, 2.24) is 0 Å². The Morgan fingerprint density at radius 1 is 1.25 bits per heavy atom. The van der Waals surface area contributed by atoms with E-state index in [1.165, 1.54) is 12.8 Å². The van der Waals surface area contributed by atoms with Crippen LogP contribution >= 0.6 is 0 Å². The summed E-state index contributed by atoms with van der Waals surface area (Å²) < 4.78 is 6.16. The highest BCUT2D eigenvalue weighted by Gasteiger charge is 2.66. The third-order valence-corrected chi connectivity index (χ3v) is 4.81. The first-order valence-electron chi connectivity index (χ1n) is 5.15. The quantitative estimate of drug-likeness (QED) is 0.495. The lowest BCUT2D eigenvalue weighted by molar-refractivity contribution is -0.108. The summed E-state index contributed by atoms with van der Waals surface area (Å²) in [5.74, 6) is 3.38. The van der Waals surface area contributed by atoms with E-state index in [1.54, 1.807) is 0 Å². The fraction of sp³-hybridized carbons (Fsp3) is 0.818. The van der Waals surface area contributed by atoms with Gasteiger partial charge < -0.3 is 4.74 Å². The van der Waals surface area contributed by atoms with E-state index >= 15 is 0 Å². The highest BCUT2D eigenvalue weighted by Crippen LogP contribution is 2.65. The third kappa shape index (κ3) is 0.422. The van der Waals surface area contributed by atoms with Crippen LogP contribution in [0.5, 0.6) is 0 Å². The zero-order valence-electron chi connectivity index (χ0n) is 7.36. The minimum absolute atomic E-state index is 0.233. The minimum atomic E-state index is 0.233. The lowest BCUT2D eigenvalue weighted by Gasteiger charge is -2.41. The fourth-order valence-corrected chi connectivity index (χ4v) is 4.40. The molecule has 2 aliphatic heterocycles. The molecule has 0 aromatic carbocycles. The summed E-state index contributed by atoms with van der Waals surface area (Å²) in [5.41, 5.74) is 0.233. The van der Waals surface area contributed by atoms with Gasteiger partial charge >= 0.3 is 0 Å². The molecule has 5 rings (SSSR count). The van der Waals surface area contributed by atoms with Gasteiger partial charge in [-0.15, -0.1) is 0 Å². The van der Waals surface area contributed by atoms with Crippen molar-refractivity contribution in [3.8, 4) is 0 Å². The molecule has 0 N–H and O–H groups in total. The molecule has 2 saturated heterocycles. The molecule has 0 aromatic heterocycles. The molecule has 2 saturated carbocycles. The molecule has 0 spiro atoms. The second kappa shape index (κ2) is 1.52. The molecule has 0 radical (unpaired) electrons. The maximum absolute atomic E-state index is 6.16. The van der Waals surface area contributed by atoms with Gasteiger partial charge in [-0.1, -0.05) is 12.2 Å². The highest BCUT2D eigenvalue weighted by molar-refractivity contribution is 5.27. The van der Waals surface area contributed by atoms with Crippen molar-refractivity contribution >= 4 is 0 Å². The summed E-state index contributed by atoms with van der Waals surface area (Å²) in [4.78, 5) is 0. The molecule has 2 heterocycles. The van der Waals surface area contributed by atoms with Gasteiger partial charge in [0.2, 0.25) is 0 Å². The molecule has 0 aromatic rings. The predicted octanol–water partition coefficient (Wildman–Crippen LogP) is 1.99. The zero-order chi connectivity index (χ0) is 7.92. The maximum atomic E-state index is 6.16. The molecule has 3 aliphatic carbocycles. The Labute approximate surface area is 72.8 Å². The molecule has 12 heavy (non-hydrogen) atoms. The lowest BCUT2D eigenvalue weighted by atomic mass is 9.69. The van der Waals surface area contributed by atoms with Crippen LogP contribution in [-0.4, -0.2) is 11.7 Å². The zero-order valence-corrected chi connectivity index (χ0v) is 7.36. The van der Waals surface area contributed by atoms with E-state index in [9.17, 15) is 0 Å². The highest BCUT2D eigenvalue weighted by atomic mass is 16.5. The van der Waals surface area contributed by atoms with E-state index in [-0.39, 0.29) is 5.60 Å². The van der Waals surface area contributed by atoms with E-state index < -0.39 is 0 Å². The first kappa shape index (κ1) is 6.20. The van der Waals surface area contributed by atoms with E-state index in [2.05, 4.69) is 19.1 Å². The van der Waals surface area contributed by atoms with Crippen LogP contribution < -0.4 is 0 Å². The average Bonchev–Trinajstić information content (AvgIpc) is 2.44. The molecule has 6 bridgehead atoms. The fourth-order valence-electron chi connectivity index (χ4n) is 4.40. The summed E-state index contributed by atoms with van der Waals surface area (Å²) in [6, 6.07) is 0. The lowest BCUT2D eigenvalue weighted by Crippen LogP contribution is -2.44. The van der Waals surface area contributed by atoms with Crippen LogP contribution in [0.4, 0.5) is 0 Å². The van der Waals surface area contributed by atoms with Crippen molar-refractivity contribution in [1.29, 1.82) is 0 Å². The van der Waals surface area contributed by atoms with Crippen molar-refractivity contribution in [3.63, 3.8) is 0 Å². The van der Waals surface area contributed by atoms with Gasteiger partial charge in [-0.2, -0.15) is 0 Å². The van der Waals surface area contributed by atoms with Crippen LogP contribution in [0.1, 0.15) is 19.8 Å². The van der Waals surface area contributed by atoms with Crippen molar-refractivity contribution < 1.29 is 4.74 Å². The average molecular weight is 162 g/mol. The van der Waals surface area contributed by atoms with Gasteiger partial charge in [0.15, 0.2) is 0 Å². The second-order valence-corrected chi connectivity index (χ2v) is 5.17. The Kier molecular flexibility index (Phi) is 0.787. The van der Waals surface area contributed by atoms with E-state index in [0.717, 1.165) is 23.7 Å². The SMILES string of the molecule is CC12OC3CC4CC3C1C=CC42. The van der Waals surface area contributed by atoms with Crippen molar-refractivity contribution in [2.75, 3.05) is 0 Å². The summed E-state index contributed by atoms with van der Waals surface area (Å²) in [6.45, 7) is 2.33. The molecule has 0 amide bonds. The van der Waals surface area contributed by atoms with E-state index in [0.29, 0.717) is 6.10 Å². The molecule has 4 fully saturated rings. The van der Waals surface area contributed by atoms with Crippen molar-refractivity contribution in [3.05, 3.63) is 12.2 Å². The van der Waals surface area contributed by atoms with E-state index in [4.69, 9.17) is 4.74 Å².